The molecule has 0 aromatic carbocycles. The second-order valence-electron chi connectivity index (χ2n) is 3.20. The molecule has 0 saturated carbocycles. The molecule has 2 heterocycles. The average Bonchev–Trinajstić information content (AvgIpc) is 2.85. The minimum Gasteiger partial charge on any atom is -0.410 e. The second-order valence-corrected chi connectivity index (χ2v) is 4.24. The SMILES string of the molecule is N#CCCCSc1nnc(-c2ccccn2)o1. The van der Waals surface area contributed by atoms with Gasteiger partial charge in [0.15, 0.2) is 0 Å². The van der Waals surface area contributed by atoms with Gasteiger partial charge in [0.25, 0.3) is 11.1 Å². The quantitative estimate of drug-likeness (QED) is 0.596. The molecule has 0 saturated heterocycles. The normalized spacial score (nSPS) is 10.1. The van der Waals surface area contributed by atoms with Gasteiger partial charge in [-0.15, -0.1) is 10.2 Å². The van der Waals surface area contributed by atoms with Crippen LogP contribution in [0.4, 0.5) is 0 Å². The summed E-state index contributed by atoms with van der Waals surface area (Å²) >= 11 is 1.46. The maximum Gasteiger partial charge on any atom is 0.276 e. The van der Waals surface area contributed by atoms with Gasteiger partial charge in [0.1, 0.15) is 5.69 Å². The van der Waals surface area contributed by atoms with Gasteiger partial charge in [0.05, 0.1) is 6.07 Å². The first-order valence-corrected chi connectivity index (χ1v) is 6.13. The summed E-state index contributed by atoms with van der Waals surface area (Å²) in [5.41, 5.74) is 0.670. The molecule has 2 aromatic rings. The maximum absolute atomic E-state index is 8.40. The van der Waals surface area contributed by atoms with E-state index in [0.29, 0.717) is 23.2 Å². The number of hydrogen-bond donors (Lipinski definition) is 0. The molecule has 0 aliphatic carbocycles. The lowest BCUT2D eigenvalue weighted by molar-refractivity contribution is 0.464. The standard InChI is InChI=1S/C11H10N4OS/c12-6-2-4-8-17-11-15-14-10(16-11)9-5-1-3-7-13-9/h1,3,5,7H,2,4,8H2. The first-order chi connectivity index (χ1) is 8.40. The lowest BCUT2D eigenvalue weighted by Gasteiger charge is -1.92. The van der Waals surface area contributed by atoms with Crippen LogP contribution in [-0.2, 0) is 0 Å². The van der Waals surface area contributed by atoms with Crippen molar-refractivity contribution in [3.63, 3.8) is 0 Å². The minimum absolute atomic E-state index is 0.424. The third-order valence-corrected chi connectivity index (χ3v) is 2.85. The van der Waals surface area contributed by atoms with Crippen LogP contribution in [-0.4, -0.2) is 20.9 Å². The Morgan fingerprint density at radius 3 is 3.06 bits per heavy atom. The summed E-state index contributed by atoms with van der Waals surface area (Å²) in [6.45, 7) is 0. The van der Waals surface area contributed by atoms with Gasteiger partial charge in [-0.05, 0) is 18.6 Å². The summed E-state index contributed by atoms with van der Waals surface area (Å²) in [6, 6.07) is 7.61. The van der Waals surface area contributed by atoms with Gasteiger partial charge in [0, 0.05) is 18.4 Å². The molecule has 0 bridgehead atoms. The lowest BCUT2D eigenvalue weighted by Crippen LogP contribution is -1.80. The Labute approximate surface area is 103 Å². The highest BCUT2D eigenvalue weighted by atomic mass is 32.2. The van der Waals surface area contributed by atoms with Crippen molar-refractivity contribution in [1.29, 1.82) is 5.26 Å². The van der Waals surface area contributed by atoms with Crippen molar-refractivity contribution in [1.82, 2.24) is 15.2 Å². The Balaban J connectivity index is 1.95. The molecule has 0 N–H and O–H groups in total. The first-order valence-electron chi connectivity index (χ1n) is 5.15. The number of nitriles is 1. The van der Waals surface area contributed by atoms with Crippen LogP contribution in [0.2, 0.25) is 0 Å². The topological polar surface area (TPSA) is 75.6 Å². The number of pyridine rings is 1. The number of aromatic nitrogens is 3. The van der Waals surface area contributed by atoms with E-state index in [1.807, 2.05) is 18.2 Å². The Hall–Kier alpha value is -1.87. The Morgan fingerprint density at radius 1 is 1.35 bits per heavy atom. The van der Waals surface area contributed by atoms with Crippen LogP contribution in [0.1, 0.15) is 12.8 Å². The van der Waals surface area contributed by atoms with Crippen LogP contribution in [0.5, 0.6) is 0 Å². The van der Waals surface area contributed by atoms with Crippen LogP contribution in [0.25, 0.3) is 11.6 Å². The molecule has 17 heavy (non-hydrogen) atoms. The fraction of sp³-hybridized carbons (Fsp3) is 0.273. The van der Waals surface area contributed by atoms with Gasteiger partial charge in [-0.25, -0.2) is 0 Å². The average molecular weight is 246 g/mol. The van der Waals surface area contributed by atoms with Crippen molar-refractivity contribution >= 4 is 11.8 Å². The smallest absolute Gasteiger partial charge is 0.276 e. The van der Waals surface area contributed by atoms with E-state index in [2.05, 4.69) is 21.3 Å². The molecule has 0 spiro atoms. The first kappa shape index (κ1) is 11.6. The highest BCUT2D eigenvalue weighted by Crippen LogP contribution is 2.22. The van der Waals surface area contributed by atoms with Crippen molar-refractivity contribution in [3.8, 4) is 17.7 Å². The zero-order chi connectivity index (χ0) is 11.9. The van der Waals surface area contributed by atoms with E-state index in [0.717, 1.165) is 12.2 Å². The summed E-state index contributed by atoms with van der Waals surface area (Å²) < 4.78 is 5.45. The van der Waals surface area contributed by atoms with Crippen LogP contribution < -0.4 is 0 Å². The number of hydrogen-bond acceptors (Lipinski definition) is 6. The van der Waals surface area contributed by atoms with Gasteiger partial charge >= 0.3 is 0 Å². The molecule has 0 unspecified atom stereocenters. The molecule has 0 amide bonds. The van der Waals surface area contributed by atoms with Crippen LogP contribution in [0, 0.1) is 11.3 Å². The Morgan fingerprint density at radius 2 is 2.29 bits per heavy atom. The molecular weight excluding hydrogens is 236 g/mol. The largest absolute Gasteiger partial charge is 0.410 e. The monoisotopic (exact) mass is 246 g/mol. The van der Waals surface area contributed by atoms with E-state index in [9.17, 15) is 0 Å². The van der Waals surface area contributed by atoms with E-state index in [1.54, 1.807) is 6.20 Å². The number of nitrogens with zero attached hydrogens (tertiary/aromatic N) is 4. The summed E-state index contributed by atoms with van der Waals surface area (Å²) in [6.07, 6.45) is 3.05. The molecular formula is C11H10N4OS. The molecule has 5 nitrogen and oxygen atoms in total. The van der Waals surface area contributed by atoms with E-state index in [4.69, 9.17) is 9.68 Å². The van der Waals surface area contributed by atoms with Crippen molar-refractivity contribution in [2.24, 2.45) is 0 Å². The molecule has 0 aliphatic rings. The summed E-state index contributed by atoms with van der Waals surface area (Å²) in [4.78, 5) is 4.12. The van der Waals surface area contributed by atoms with Gasteiger partial charge in [-0.3, -0.25) is 4.98 Å². The van der Waals surface area contributed by atoms with Gasteiger partial charge < -0.3 is 4.42 Å². The van der Waals surface area contributed by atoms with Gasteiger partial charge in [-0.2, -0.15) is 5.26 Å². The van der Waals surface area contributed by atoms with E-state index < -0.39 is 0 Å². The van der Waals surface area contributed by atoms with Crippen molar-refractivity contribution < 1.29 is 4.42 Å². The van der Waals surface area contributed by atoms with Crippen molar-refractivity contribution in [2.75, 3.05) is 5.75 Å². The lowest BCUT2D eigenvalue weighted by atomic mass is 10.3. The fourth-order valence-corrected chi connectivity index (χ4v) is 1.87. The van der Waals surface area contributed by atoms with E-state index in [-0.39, 0.29) is 0 Å². The number of thioether (sulfide) groups is 1. The van der Waals surface area contributed by atoms with E-state index in [1.165, 1.54) is 11.8 Å². The maximum atomic E-state index is 8.40. The number of rotatable bonds is 5. The highest BCUT2D eigenvalue weighted by molar-refractivity contribution is 7.99. The zero-order valence-corrected chi connectivity index (χ0v) is 9.85. The Bertz CT molecular complexity index is 506. The third kappa shape index (κ3) is 3.29. The summed E-state index contributed by atoms with van der Waals surface area (Å²) in [5, 5.41) is 16.7. The highest BCUT2D eigenvalue weighted by Gasteiger charge is 2.08. The fourth-order valence-electron chi connectivity index (χ4n) is 1.17. The van der Waals surface area contributed by atoms with Crippen molar-refractivity contribution in [2.45, 2.75) is 18.1 Å². The summed E-state index contributed by atoms with van der Waals surface area (Å²) in [7, 11) is 0. The molecule has 2 rings (SSSR count). The van der Waals surface area contributed by atoms with Crippen LogP contribution in [0.3, 0.4) is 0 Å². The predicted molar refractivity (Wildman–Crippen MR) is 63.1 cm³/mol. The van der Waals surface area contributed by atoms with Crippen molar-refractivity contribution in [3.05, 3.63) is 24.4 Å². The van der Waals surface area contributed by atoms with Gasteiger partial charge in [-0.1, -0.05) is 17.8 Å². The van der Waals surface area contributed by atoms with E-state index >= 15 is 0 Å². The number of unbranched alkanes of at least 4 members (excludes halogenated alkanes) is 1. The minimum atomic E-state index is 0.424. The molecule has 0 atom stereocenters. The molecule has 0 aliphatic heterocycles. The van der Waals surface area contributed by atoms with Crippen LogP contribution in [0.15, 0.2) is 34.0 Å². The predicted octanol–water partition coefficient (Wildman–Crippen LogP) is 2.53. The van der Waals surface area contributed by atoms with Crippen LogP contribution >= 0.6 is 11.8 Å². The molecule has 0 fully saturated rings. The Kier molecular flexibility index (Phi) is 4.11. The van der Waals surface area contributed by atoms with Gasteiger partial charge in [0.2, 0.25) is 0 Å². The third-order valence-electron chi connectivity index (χ3n) is 1.95. The molecule has 2 aromatic heterocycles. The molecule has 6 heteroatoms. The molecule has 86 valence electrons. The second kappa shape index (κ2) is 6.01. The molecule has 0 radical (unpaired) electrons. The summed E-state index contributed by atoms with van der Waals surface area (Å²) in [5.74, 6) is 1.23. The zero-order valence-electron chi connectivity index (χ0n) is 9.04.